The average Bonchev–Trinajstić information content (AvgIpc) is 2.56. The molecule has 0 radical (unpaired) electrons. The minimum atomic E-state index is -0.265. The molecule has 1 heterocycles. The summed E-state index contributed by atoms with van der Waals surface area (Å²) in [4.78, 5) is 14.0. The Labute approximate surface area is 143 Å². The molecular weight excluding hydrogens is 331 g/mol. The van der Waals surface area contributed by atoms with Crippen LogP contribution in [0.3, 0.4) is 0 Å². The first-order valence-electron chi connectivity index (χ1n) is 7.31. The Morgan fingerprint density at radius 1 is 1.26 bits per heavy atom. The summed E-state index contributed by atoms with van der Waals surface area (Å²) in [7, 11) is 0. The molecule has 1 aliphatic rings. The summed E-state index contributed by atoms with van der Waals surface area (Å²) < 4.78 is 13.9. The van der Waals surface area contributed by atoms with Crippen LogP contribution in [-0.2, 0) is 0 Å². The van der Waals surface area contributed by atoms with E-state index in [1.807, 2.05) is 36.6 Å². The number of carbonyl (C=O) groups is 1. The molecule has 2 aromatic rings. The van der Waals surface area contributed by atoms with E-state index in [1.165, 1.54) is 17.8 Å². The molecule has 6 heteroatoms. The molecule has 3 nitrogen and oxygen atoms in total. The monoisotopic (exact) mass is 348 g/mol. The molecule has 0 spiro atoms. The second kappa shape index (κ2) is 7.27. The Morgan fingerprint density at radius 3 is 2.91 bits per heavy atom. The molecule has 1 aliphatic heterocycles. The SMILES string of the molecule is CSc1ccccc1NC(=O)NC1CCSc2c(F)cccc21. The average molecular weight is 348 g/mol. The Kier molecular flexibility index (Phi) is 5.13. The van der Waals surface area contributed by atoms with Crippen LogP contribution in [0.1, 0.15) is 18.0 Å². The maximum Gasteiger partial charge on any atom is 0.319 e. The van der Waals surface area contributed by atoms with E-state index >= 15 is 0 Å². The van der Waals surface area contributed by atoms with Crippen molar-refractivity contribution in [2.24, 2.45) is 0 Å². The van der Waals surface area contributed by atoms with Crippen molar-refractivity contribution in [2.45, 2.75) is 22.3 Å². The van der Waals surface area contributed by atoms with Crippen LogP contribution in [0.15, 0.2) is 52.3 Å². The van der Waals surface area contributed by atoms with E-state index in [1.54, 1.807) is 17.8 Å². The third-order valence-corrected chi connectivity index (χ3v) is 5.64. The van der Waals surface area contributed by atoms with Crippen molar-refractivity contribution in [3.63, 3.8) is 0 Å². The molecule has 2 N–H and O–H groups in total. The summed E-state index contributed by atoms with van der Waals surface area (Å²) in [6, 6.07) is 12.3. The molecule has 1 unspecified atom stereocenters. The minimum absolute atomic E-state index is 0.164. The summed E-state index contributed by atoms with van der Waals surface area (Å²) in [6.45, 7) is 0. The Balaban J connectivity index is 1.73. The lowest BCUT2D eigenvalue weighted by Gasteiger charge is -2.26. The molecule has 0 aliphatic carbocycles. The van der Waals surface area contributed by atoms with Gasteiger partial charge in [0.15, 0.2) is 0 Å². The molecule has 0 aromatic heterocycles. The molecule has 0 saturated heterocycles. The van der Waals surface area contributed by atoms with Crippen LogP contribution >= 0.6 is 23.5 Å². The summed E-state index contributed by atoms with van der Waals surface area (Å²) in [5.41, 5.74) is 1.64. The first-order valence-corrected chi connectivity index (χ1v) is 9.52. The molecular formula is C17H17FN2OS2. The molecule has 2 amide bonds. The van der Waals surface area contributed by atoms with Gasteiger partial charge < -0.3 is 10.6 Å². The highest BCUT2D eigenvalue weighted by atomic mass is 32.2. The molecule has 3 rings (SSSR count). The van der Waals surface area contributed by atoms with E-state index in [0.717, 1.165) is 28.3 Å². The third-order valence-electron chi connectivity index (χ3n) is 3.69. The fourth-order valence-electron chi connectivity index (χ4n) is 2.60. The summed E-state index contributed by atoms with van der Waals surface area (Å²) in [6.07, 6.45) is 2.76. The Bertz CT molecular complexity index is 723. The first kappa shape index (κ1) is 16.2. The normalized spacial score (nSPS) is 16.5. The van der Waals surface area contributed by atoms with Crippen molar-refractivity contribution in [1.29, 1.82) is 0 Å². The predicted octanol–water partition coefficient (Wildman–Crippen LogP) is 4.91. The van der Waals surface area contributed by atoms with Crippen LogP contribution in [0.4, 0.5) is 14.9 Å². The highest BCUT2D eigenvalue weighted by Crippen LogP contribution is 2.37. The maximum atomic E-state index is 13.9. The highest BCUT2D eigenvalue weighted by molar-refractivity contribution is 7.99. The van der Waals surface area contributed by atoms with Crippen molar-refractivity contribution < 1.29 is 9.18 Å². The van der Waals surface area contributed by atoms with Gasteiger partial charge in [0, 0.05) is 15.5 Å². The van der Waals surface area contributed by atoms with Gasteiger partial charge in [-0.2, -0.15) is 0 Å². The third kappa shape index (κ3) is 3.64. The van der Waals surface area contributed by atoms with E-state index in [0.29, 0.717) is 4.90 Å². The number of rotatable bonds is 3. The molecule has 0 saturated carbocycles. The standard InChI is InChI=1S/C17H17FN2OS2/c1-22-15-8-3-2-7-14(15)20-17(21)19-13-9-10-23-16-11(13)5-4-6-12(16)18/h2-8,13H,9-10H2,1H3,(H2,19,20,21). The first-order chi connectivity index (χ1) is 11.2. The van der Waals surface area contributed by atoms with Crippen LogP contribution in [0.5, 0.6) is 0 Å². The molecule has 23 heavy (non-hydrogen) atoms. The minimum Gasteiger partial charge on any atom is -0.331 e. The predicted molar refractivity (Wildman–Crippen MR) is 94.9 cm³/mol. The van der Waals surface area contributed by atoms with Gasteiger partial charge in [0.2, 0.25) is 0 Å². The zero-order valence-electron chi connectivity index (χ0n) is 12.6. The van der Waals surface area contributed by atoms with Gasteiger partial charge in [-0.05, 0) is 36.4 Å². The zero-order valence-corrected chi connectivity index (χ0v) is 14.3. The number of carbonyl (C=O) groups excluding carboxylic acids is 1. The lowest BCUT2D eigenvalue weighted by molar-refractivity contribution is 0.248. The number of benzene rings is 2. The number of thioether (sulfide) groups is 2. The van der Waals surface area contributed by atoms with Gasteiger partial charge in [0.05, 0.1) is 11.7 Å². The van der Waals surface area contributed by atoms with Gasteiger partial charge in [0.1, 0.15) is 5.82 Å². The summed E-state index contributed by atoms with van der Waals surface area (Å²) in [5.74, 6) is 0.576. The van der Waals surface area contributed by atoms with Gasteiger partial charge in [-0.15, -0.1) is 23.5 Å². The van der Waals surface area contributed by atoms with E-state index in [-0.39, 0.29) is 17.9 Å². The second-order valence-electron chi connectivity index (χ2n) is 5.15. The highest BCUT2D eigenvalue weighted by Gasteiger charge is 2.24. The largest absolute Gasteiger partial charge is 0.331 e. The van der Waals surface area contributed by atoms with Gasteiger partial charge in [-0.25, -0.2) is 9.18 Å². The van der Waals surface area contributed by atoms with E-state index in [9.17, 15) is 9.18 Å². The van der Waals surface area contributed by atoms with Gasteiger partial charge in [0.25, 0.3) is 0 Å². The Morgan fingerprint density at radius 2 is 2.09 bits per heavy atom. The number of para-hydroxylation sites is 1. The summed E-state index contributed by atoms with van der Waals surface area (Å²) in [5, 5.41) is 5.85. The number of fused-ring (bicyclic) bond motifs is 1. The van der Waals surface area contributed by atoms with Crippen molar-refractivity contribution in [3.05, 3.63) is 53.8 Å². The lowest BCUT2D eigenvalue weighted by Crippen LogP contribution is -2.34. The lowest BCUT2D eigenvalue weighted by atomic mass is 10.0. The maximum absolute atomic E-state index is 13.9. The van der Waals surface area contributed by atoms with Crippen LogP contribution in [0.25, 0.3) is 0 Å². The number of urea groups is 1. The second-order valence-corrected chi connectivity index (χ2v) is 7.10. The van der Waals surface area contributed by atoms with Gasteiger partial charge in [-0.1, -0.05) is 24.3 Å². The van der Waals surface area contributed by atoms with Crippen molar-refractivity contribution >= 4 is 35.2 Å². The van der Waals surface area contributed by atoms with Gasteiger partial charge in [-0.3, -0.25) is 0 Å². The summed E-state index contributed by atoms with van der Waals surface area (Å²) >= 11 is 3.08. The fraction of sp³-hybridized carbons (Fsp3) is 0.235. The number of hydrogen-bond acceptors (Lipinski definition) is 3. The Hall–Kier alpha value is -1.66. The molecule has 0 bridgehead atoms. The van der Waals surface area contributed by atoms with E-state index in [2.05, 4.69) is 10.6 Å². The molecule has 2 aromatic carbocycles. The number of hydrogen-bond donors (Lipinski definition) is 2. The van der Waals surface area contributed by atoms with Crippen LogP contribution in [0, 0.1) is 5.82 Å². The van der Waals surface area contributed by atoms with Crippen LogP contribution in [0.2, 0.25) is 0 Å². The molecule has 1 atom stereocenters. The molecule has 0 fully saturated rings. The topological polar surface area (TPSA) is 41.1 Å². The van der Waals surface area contributed by atoms with Crippen LogP contribution in [-0.4, -0.2) is 18.0 Å². The van der Waals surface area contributed by atoms with Crippen molar-refractivity contribution in [2.75, 3.05) is 17.3 Å². The van der Waals surface area contributed by atoms with Crippen molar-refractivity contribution in [3.8, 4) is 0 Å². The van der Waals surface area contributed by atoms with E-state index in [4.69, 9.17) is 0 Å². The number of halogens is 1. The smallest absolute Gasteiger partial charge is 0.319 e. The quantitative estimate of drug-likeness (QED) is 0.775. The zero-order chi connectivity index (χ0) is 16.2. The van der Waals surface area contributed by atoms with E-state index < -0.39 is 0 Å². The fourth-order valence-corrected chi connectivity index (χ4v) is 4.30. The number of amides is 2. The van der Waals surface area contributed by atoms with Crippen molar-refractivity contribution in [1.82, 2.24) is 5.32 Å². The number of anilines is 1. The molecule has 120 valence electrons. The number of nitrogens with one attached hydrogen (secondary N) is 2. The van der Waals surface area contributed by atoms with Crippen LogP contribution < -0.4 is 10.6 Å². The van der Waals surface area contributed by atoms with Gasteiger partial charge >= 0.3 is 6.03 Å².